The summed E-state index contributed by atoms with van der Waals surface area (Å²) in [6.07, 6.45) is 3.63. The standard InChI is InChI=1S/C5H6Cl2O/c6-4-2-1-3-5(7)8/h1,3H,2,4H2/b3-1+. The van der Waals surface area contributed by atoms with Crippen LogP contribution >= 0.6 is 23.2 Å². The minimum absolute atomic E-state index is 0.449. The monoisotopic (exact) mass is 152 g/mol. The van der Waals surface area contributed by atoms with Crippen LogP contribution in [-0.4, -0.2) is 11.1 Å². The van der Waals surface area contributed by atoms with Gasteiger partial charge in [0.2, 0.25) is 5.24 Å². The van der Waals surface area contributed by atoms with E-state index in [2.05, 4.69) is 0 Å². The number of allylic oxidation sites excluding steroid dienone is 2. The van der Waals surface area contributed by atoms with Crippen molar-refractivity contribution in [1.82, 2.24) is 0 Å². The summed E-state index contributed by atoms with van der Waals surface area (Å²) >= 11 is 10.2. The highest BCUT2D eigenvalue weighted by Crippen LogP contribution is 1.88. The Hall–Kier alpha value is -0.0100. The van der Waals surface area contributed by atoms with Gasteiger partial charge in [-0.3, -0.25) is 4.79 Å². The first-order valence-electron chi connectivity index (χ1n) is 2.19. The van der Waals surface area contributed by atoms with E-state index in [1.54, 1.807) is 6.08 Å². The summed E-state index contributed by atoms with van der Waals surface area (Å²) in [6.45, 7) is 0. The minimum Gasteiger partial charge on any atom is -0.276 e. The molecular formula is C5H6Cl2O. The minimum atomic E-state index is -0.449. The fourth-order valence-corrected chi connectivity index (χ4v) is 0.454. The quantitative estimate of drug-likeness (QED) is 0.344. The van der Waals surface area contributed by atoms with Gasteiger partial charge in [0, 0.05) is 5.88 Å². The van der Waals surface area contributed by atoms with Crippen molar-refractivity contribution in [3.8, 4) is 0 Å². The van der Waals surface area contributed by atoms with Gasteiger partial charge in [0.15, 0.2) is 0 Å². The Balaban J connectivity index is 3.20. The highest BCUT2D eigenvalue weighted by atomic mass is 35.5. The molecule has 1 nitrogen and oxygen atoms in total. The maximum atomic E-state index is 9.95. The van der Waals surface area contributed by atoms with E-state index in [1.165, 1.54) is 6.08 Å². The summed E-state index contributed by atoms with van der Waals surface area (Å²) in [6, 6.07) is 0. The predicted molar refractivity (Wildman–Crippen MR) is 35.3 cm³/mol. The van der Waals surface area contributed by atoms with Crippen molar-refractivity contribution in [1.29, 1.82) is 0 Å². The normalized spacial score (nSPS) is 10.2. The molecule has 3 heteroatoms. The summed E-state index contributed by atoms with van der Waals surface area (Å²) < 4.78 is 0. The molecule has 0 bridgehead atoms. The van der Waals surface area contributed by atoms with Crippen LogP contribution in [0.5, 0.6) is 0 Å². The summed E-state index contributed by atoms with van der Waals surface area (Å²) in [4.78, 5) is 9.95. The molecule has 0 saturated carbocycles. The first-order valence-corrected chi connectivity index (χ1v) is 3.10. The zero-order valence-electron chi connectivity index (χ0n) is 4.23. The molecule has 0 aromatic carbocycles. The van der Waals surface area contributed by atoms with E-state index < -0.39 is 5.24 Å². The van der Waals surface area contributed by atoms with Gasteiger partial charge in [0.25, 0.3) is 0 Å². The van der Waals surface area contributed by atoms with Crippen molar-refractivity contribution in [2.24, 2.45) is 0 Å². The molecule has 0 N–H and O–H groups in total. The molecule has 0 aliphatic carbocycles. The molecule has 0 aliphatic heterocycles. The third kappa shape index (κ3) is 5.99. The summed E-state index contributed by atoms with van der Waals surface area (Å²) in [5.74, 6) is 0.528. The Morgan fingerprint density at radius 2 is 2.25 bits per heavy atom. The van der Waals surface area contributed by atoms with Crippen LogP contribution < -0.4 is 0 Å². The first kappa shape index (κ1) is 7.99. The lowest BCUT2D eigenvalue weighted by Crippen LogP contribution is -1.74. The van der Waals surface area contributed by atoms with Crippen molar-refractivity contribution in [2.75, 3.05) is 5.88 Å². The number of hydrogen-bond donors (Lipinski definition) is 0. The second-order valence-electron chi connectivity index (χ2n) is 1.18. The van der Waals surface area contributed by atoms with Crippen LogP contribution in [0.3, 0.4) is 0 Å². The number of carbonyl (C=O) groups is 1. The Morgan fingerprint density at radius 1 is 1.62 bits per heavy atom. The molecule has 0 unspecified atom stereocenters. The van der Waals surface area contributed by atoms with Crippen LogP contribution in [0.4, 0.5) is 0 Å². The SMILES string of the molecule is O=C(Cl)/C=C/CCCl. The largest absolute Gasteiger partial charge is 0.276 e. The highest BCUT2D eigenvalue weighted by Gasteiger charge is 1.81. The van der Waals surface area contributed by atoms with Crippen LogP contribution in [0.15, 0.2) is 12.2 Å². The van der Waals surface area contributed by atoms with Crippen LogP contribution in [0, 0.1) is 0 Å². The van der Waals surface area contributed by atoms with E-state index in [1.807, 2.05) is 0 Å². The van der Waals surface area contributed by atoms with E-state index in [0.717, 1.165) is 0 Å². The Labute approximate surface area is 58.3 Å². The fraction of sp³-hybridized carbons (Fsp3) is 0.400. The van der Waals surface area contributed by atoms with Gasteiger partial charge in [-0.05, 0) is 24.1 Å². The molecule has 0 spiro atoms. The van der Waals surface area contributed by atoms with Gasteiger partial charge < -0.3 is 0 Å². The number of carbonyl (C=O) groups excluding carboxylic acids is 1. The molecule has 8 heavy (non-hydrogen) atoms. The molecule has 0 radical (unpaired) electrons. The van der Waals surface area contributed by atoms with E-state index >= 15 is 0 Å². The second-order valence-corrected chi connectivity index (χ2v) is 1.93. The van der Waals surface area contributed by atoms with Crippen LogP contribution in [0.1, 0.15) is 6.42 Å². The molecule has 0 fully saturated rings. The van der Waals surface area contributed by atoms with Gasteiger partial charge in [-0.15, -0.1) is 11.6 Å². The average Bonchev–Trinajstić information content (AvgIpc) is 1.66. The molecule has 0 aromatic heterocycles. The van der Waals surface area contributed by atoms with Crippen LogP contribution in [0.25, 0.3) is 0 Å². The summed E-state index contributed by atoms with van der Waals surface area (Å²) in [5.41, 5.74) is 0. The number of hydrogen-bond acceptors (Lipinski definition) is 1. The highest BCUT2D eigenvalue weighted by molar-refractivity contribution is 6.66. The number of alkyl halides is 1. The van der Waals surface area contributed by atoms with Crippen molar-refractivity contribution in [3.63, 3.8) is 0 Å². The lowest BCUT2D eigenvalue weighted by molar-refractivity contribution is -0.107. The molecule has 0 saturated heterocycles. The molecule has 0 aliphatic rings. The van der Waals surface area contributed by atoms with E-state index in [9.17, 15) is 4.79 Å². The maximum absolute atomic E-state index is 9.95. The van der Waals surface area contributed by atoms with Crippen molar-refractivity contribution >= 4 is 28.4 Å². The Bertz CT molecular complexity index is 98.6. The number of halogens is 2. The van der Waals surface area contributed by atoms with E-state index in [-0.39, 0.29) is 0 Å². The Morgan fingerprint density at radius 3 is 2.62 bits per heavy atom. The summed E-state index contributed by atoms with van der Waals surface area (Å²) in [7, 11) is 0. The molecular weight excluding hydrogens is 147 g/mol. The fourth-order valence-electron chi connectivity index (χ4n) is 0.239. The zero-order chi connectivity index (χ0) is 6.41. The molecule has 0 amide bonds. The molecule has 0 atom stereocenters. The van der Waals surface area contributed by atoms with Gasteiger partial charge in [-0.25, -0.2) is 0 Å². The molecule has 0 aromatic rings. The number of rotatable bonds is 3. The van der Waals surface area contributed by atoms with Crippen LogP contribution in [-0.2, 0) is 4.79 Å². The maximum Gasteiger partial charge on any atom is 0.244 e. The third-order valence-corrected chi connectivity index (χ3v) is 0.869. The molecule has 0 heterocycles. The summed E-state index contributed by atoms with van der Waals surface area (Å²) in [5, 5.41) is -0.449. The van der Waals surface area contributed by atoms with E-state index in [4.69, 9.17) is 23.2 Å². The predicted octanol–water partition coefficient (Wildman–Crippen LogP) is 1.94. The van der Waals surface area contributed by atoms with Crippen molar-refractivity contribution in [2.45, 2.75) is 6.42 Å². The van der Waals surface area contributed by atoms with Crippen LogP contribution in [0.2, 0.25) is 0 Å². The van der Waals surface area contributed by atoms with Gasteiger partial charge >= 0.3 is 0 Å². The van der Waals surface area contributed by atoms with Gasteiger partial charge in [0.05, 0.1) is 0 Å². The van der Waals surface area contributed by atoms with Gasteiger partial charge in [-0.1, -0.05) is 6.08 Å². The van der Waals surface area contributed by atoms with Crippen molar-refractivity contribution < 1.29 is 4.79 Å². The first-order chi connectivity index (χ1) is 3.77. The van der Waals surface area contributed by atoms with Gasteiger partial charge in [-0.2, -0.15) is 0 Å². The zero-order valence-corrected chi connectivity index (χ0v) is 5.74. The lowest BCUT2D eigenvalue weighted by Gasteiger charge is -1.77. The van der Waals surface area contributed by atoms with Crippen molar-refractivity contribution in [3.05, 3.63) is 12.2 Å². The molecule has 46 valence electrons. The lowest BCUT2D eigenvalue weighted by atomic mass is 10.4. The van der Waals surface area contributed by atoms with E-state index in [0.29, 0.717) is 12.3 Å². The smallest absolute Gasteiger partial charge is 0.244 e. The average molecular weight is 153 g/mol. The Kier molecular flexibility index (Phi) is 5.13. The third-order valence-electron chi connectivity index (χ3n) is 0.525. The molecule has 0 rings (SSSR count). The topological polar surface area (TPSA) is 17.1 Å². The second kappa shape index (κ2) is 5.13. The van der Waals surface area contributed by atoms with Gasteiger partial charge in [0.1, 0.15) is 0 Å².